The van der Waals surface area contributed by atoms with Crippen LogP contribution in [0.4, 0.5) is 20.2 Å². The fourth-order valence-electron chi connectivity index (χ4n) is 2.65. The third kappa shape index (κ3) is 4.60. The second-order valence-corrected chi connectivity index (χ2v) is 8.13. The molecule has 0 spiro atoms. The number of nitrogens with one attached hydrogen (secondary N) is 2. The van der Waals surface area contributed by atoms with Crippen LogP contribution in [-0.4, -0.2) is 14.3 Å². The Hall–Kier alpha value is -3.26. The standard InChI is InChI=1S/C21H18F2N2O3S/c1-13-7-9-15(11-18(13)23)21(26)24-16-10-8-14(2)20(12-16)29(27,28)25-19-6-4-3-5-17(19)22/h3-12,25H,1-2H3,(H,24,26). The molecule has 0 saturated heterocycles. The Balaban J connectivity index is 1.88. The molecule has 5 nitrogen and oxygen atoms in total. The second-order valence-electron chi connectivity index (χ2n) is 6.48. The quantitative estimate of drug-likeness (QED) is 0.637. The van der Waals surface area contributed by atoms with Crippen LogP contribution in [0.2, 0.25) is 0 Å². The first-order chi connectivity index (χ1) is 13.7. The van der Waals surface area contributed by atoms with E-state index in [2.05, 4.69) is 10.0 Å². The average molecular weight is 416 g/mol. The molecule has 0 aliphatic rings. The van der Waals surface area contributed by atoms with Gasteiger partial charge in [-0.15, -0.1) is 0 Å². The van der Waals surface area contributed by atoms with Crippen molar-refractivity contribution in [2.24, 2.45) is 0 Å². The Morgan fingerprint density at radius 2 is 1.55 bits per heavy atom. The maximum Gasteiger partial charge on any atom is 0.262 e. The summed E-state index contributed by atoms with van der Waals surface area (Å²) in [5.41, 5.74) is 0.937. The van der Waals surface area contributed by atoms with E-state index in [0.717, 1.165) is 12.1 Å². The monoisotopic (exact) mass is 416 g/mol. The number of hydrogen-bond donors (Lipinski definition) is 2. The number of carbonyl (C=O) groups is 1. The summed E-state index contributed by atoms with van der Waals surface area (Å²) in [5, 5.41) is 2.55. The molecule has 8 heteroatoms. The van der Waals surface area contributed by atoms with E-state index in [4.69, 9.17) is 0 Å². The van der Waals surface area contributed by atoms with Crippen LogP contribution >= 0.6 is 0 Å². The number of carbonyl (C=O) groups excluding carboxylic acids is 1. The van der Waals surface area contributed by atoms with Crippen molar-refractivity contribution in [3.05, 3.63) is 89.0 Å². The third-order valence-corrected chi connectivity index (χ3v) is 5.80. The number of rotatable bonds is 5. The van der Waals surface area contributed by atoms with Gasteiger partial charge in [0.15, 0.2) is 0 Å². The van der Waals surface area contributed by atoms with Gasteiger partial charge in [-0.1, -0.05) is 24.3 Å². The molecule has 0 fully saturated rings. The van der Waals surface area contributed by atoms with Gasteiger partial charge in [0.1, 0.15) is 11.6 Å². The molecule has 3 aromatic rings. The summed E-state index contributed by atoms with van der Waals surface area (Å²) in [6, 6.07) is 13.8. The molecule has 0 aliphatic carbocycles. The SMILES string of the molecule is Cc1ccc(C(=O)Nc2ccc(C)c(S(=O)(=O)Nc3ccccc3F)c2)cc1F. The van der Waals surface area contributed by atoms with Crippen LogP contribution in [0.1, 0.15) is 21.5 Å². The third-order valence-electron chi connectivity index (χ3n) is 4.29. The molecule has 150 valence electrons. The molecule has 1 amide bonds. The number of sulfonamides is 1. The zero-order valence-corrected chi connectivity index (χ0v) is 16.5. The fraction of sp³-hybridized carbons (Fsp3) is 0.0952. The maximum absolute atomic E-state index is 13.8. The van der Waals surface area contributed by atoms with E-state index in [9.17, 15) is 22.0 Å². The van der Waals surface area contributed by atoms with Crippen molar-refractivity contribution in [1.82, 2.24) is 0 Å². The van der Waals surface area contributed by atoms with Crippen LogP contribution in [0.15, 0.2) is 65.6 Å². The zero-order chi connectivity index (χ0) is 21.2. The molecule has 3 aromatic carbocycles. The average Bonchev–Trinajstić information content (AvgIpc) is 2.67. The number of aryl methyl sites for hydroxylation is 2. The predicted octanol–water partition coefficient (Wildman–Crippen LogP) is 4.63. The van der Waals surface area contributed by atoms with Crippen LogP contribution in [0, 0.1) is 25.5 Å². The van der Waals surface area contributed by atoms with Crippen molar-refractivity contribution < 1.29 is 22.0 Å². The molecule has 0 radical (unpaired) electrons. The molecular formula is C21H18F2N2O3S. The summed E-state index contributed by atoms with van der Waals surface area (Å²) >= 11 is 0. The van der Waals surface area contributed by atoms with Gasteiger partial charge in [-0.2, -0.15) is 0 Å². The summed E-state index contributed by atoms with van der Waals surface area (Å²) in [7, 11) is -4.10. The first kappa shape index (κ1) is 20.5. The lowest BCUT2D eigenvalue weighted by Gasteiger charge is -2.13. The number of anilines is 2. The molecule has 2 N–H and O–H groups in total. The van der Waals surface area contributed by atoms with Gasteiger partial charge in [0.2, 0.25) is 0 Å². The maximum atomic E-state index is 13.8. The summed E-state index contributed by atoms with van der Waals surface area (Å²) in [6.45, 7) is 3.16. The van der Waals surface area contributed by atoms with Crippen LogP contribution in [0.25, 0.3) is 0 Å². The van der Waals surface area contributed by atoms with Crippen molar-refractivity contribution in [2.75, 3.05) is 10.0 Å². The highest BCUT2D eigenvalue weighted by molar-refractivity contribution is 7.92. The summed E-state index contributed by atoms with van der Waals surface area (Å²) in [4.78, 5) is 12.2. The van der Waals surface area contributed by atoms with Crippen LogP contribution < -0.4 is 10.0 Å². The minimum absolute atomic E-state index is 0.0996. The van der Waals surface area contributed by atoms with Gasteiger partial charge in [0.25, 0.3) is 15.9 Å². The van der Waals surface area contributed by atoms with E-state index in [1.54, 1.807) is 13.8 Å². The van der Waals surface area contributed by atoms with E-state index in [1.807, 2.05) is 0 Å². The Bertz CT molecular complexity index is 1190. The lowest BCUT2D eigenvalue weighted by Crippen LogP contribution is -2.17. The number of hydrogen-bond acceptors (Lipinski definition) is 3. The Morgan fingerprint density at radius 1 is 0.862 bits per heavy atom. The van der Waals surface area contributed by atoms with Crippen molar-refractivity contribution in [3.63, 3.8) is 0 Å². The fourth-order valence-corrected chi connectivity index (χ4v) is 3.99. The number of benzene rings is 3. The van der Waals surface area contributed by atoms with Crippen LogP contribution in [-0.2, 0) is 10.0 Å². The highest BCUT2D eigenvalue weighted by Gasteiger charge is 2.20. The lowest BCUT2D eigenvalue weighted by atomic mass is 10.1. The number of para-hydroxylation sites is 1. The van der Waals surface area contributed by atoms with E-state index in [0.29, 0.717) is 11.1 Å². The summed E-state index contributed by atoms with van der Waals surface area (Å²) in [6.07, 6.45) is 0. The second kappa shape index (κ2) is 8.00. The van der Waals surface area contributed by atoms with Crippen molar-refractivity contribution in [3.8, 4) is 0 Å². The van der Waals surface area contributed by atoms with Gasteiger partial charge in [0, 0.05) is 11.3 Å². The molecule has 0 aromatic heterocycles. The molecule has 0 saturated carbocycles. The summed E-state index contributed by atoms with van der Waals surface area (Å²) < 4.78 is 55.2. The van der Waals surface area contributed by atoms with Crippen LogP contribution in [0.3, 0.4) is 0 Å². The first-order valence-electron chi connectivity index (χ1n) is 8.63. The van der Waals surface area contributed by atoms with Gasteiger partial charge in [-0.3, -0.25) is 9.52 Å². The minimum Gasteiger partial charge on any atom is -0.322 e. The normalized spacial score (nSPS) is 11.2. The van der Waals surface area contributed by atoms with Crippen molar-refractivity contribution in [2.45, 2.75) is 18.7 Å². The van der Waals surface area contributed by atoms with Gasteiger partial charge in [0.05, 0.1) is 10.6 Å². The van der Waals surface area contributed by atoms with Gasteiger partial charge in [-0.05, 0) is 61.4 Å². The number of amides is 1. The summed E-state index contributed by atoms with van der Waals surface area (Å²) in [5.74, 6) is -1.81. The minimum atomic E-state index is -4.10. The lowest BCUT2D eigenvalue weighted by molar-refractivity contribution is 0.102. The Kier molecular flexibility index (Phi) is 5.65. The van der Waals surface area contributed by atoms with Crippen molar-refractivity contribution in [1.29, 1.82) is 0 Å². The molecule has 3 rings (SSSR count). The molecule has 0 atom stereocenters. The number of halogens is 2. The molecule has 0 heterocycles. The smallest absolute Gasteiger partial charge is 0.262 e. The molecule has 0 aliphatic heterocycles. The predicted molar refractivity (Wildman–Crippen MR) is 107 cm³/mol. The van der Waals surface area contributed by atoms with Gasteiger partial charge >= 0.3 is 0 Å². The van der Waals surface area contributed by atoms with Crippen LogP contribution in [0.5, 0.6) is 0 Å². The highest BCUT2D eigenvalue weighted by atomic mass is 32.2. The molecular weight excluding hydrogens is 398 g/mol. The Labute approximate surface area is 167 Å². The molecule has 29 heavy (non-hydrogen) atoms. The van der Waals surface area contributed by atoms with Gasteiger partial charge in [-0.25, -0.2) is 17.2 Å². The van der Waals surface area contributed by atoms with E-state index in [-0.39, 0.29) is 21.8 Å². The largest absolute Gasteiger partial charge is 0.322 e. The highest BCUT2D eigenvalue weighted by Crippen LogP contribution is 2.24. The van der Waals surface area contributed by atoms with Crippen molar-refractivity contribution >= 4 is 27.3 Å². The van der Waals surface area contributed by atoms with E-state index in [1.165, 1.54) is 48.5 Å². The zero-order valence-electron chi connectivity index (χ0n) is 15.7. The first-order valence-corrected chi connectivity index (χ1v) is 10.1. The molecule has 0 bridgehead atoms. The van der Waals surface area contributed by atoms with Gasteiger partial charge < -0.3 is 5.32 Å². The topological polar surface area (TPSA) is 75.3 Å². The van der Waals surface area contributed by atoms with E-state index < -0.39 is 27.6 Å². The Morgan fingerprint density at radius 3 is 2.24 bits per heavy atom. The molecule has 0 unspecified atom stereocenters. The van der Waals surface area contributed by atoms with E-state index >= 15 is 0 Å².